The average molecular weight is 195 g/mol. The Morgan fingerprint density at radius 3 is 2.93 bits per heavy atom. The van der Waals surface area contributed by atoms with Gasteiger partial charge in [-0.05, 0) is 18.8 Å². The highest BCUT2D eigenvalue weighted by molar-refractivity contribution is 5.86. The largest absolute Gasteiger partial charge is 0.366 e. The SMILES string of the molecule is CC1CC(C(=O)Nn2cnnc2N)C1. The smallest absolute Gasteiger partial charge is 0.242 e. The molecular weight excluding hydrogens is 182 g/mol. The number of aromatic nitrogens is 3. The molecule has 6 nitrogen and oxygen atoms in total. The summed E-state index contributed by atoms with van der Waals surface area (Å²) >= 11 is 0. The second-order valence-electron chi connectivity index (χ2n) is 3.81. The minimum absolute atomic E-state index is 0.00500. The molecule has 14 heavy (non-hydrogen) atoms. The standard InChI is InChI=1S/C8H13N5O/c1-5-2-6(3-5)7(14)12-13-4-10-11-8(13)9/h4-6H,2-3H2,1H3,(H2,9,11)(H,12,14). The molecule has 1 fully saturated rings. The van der Waals surface area contributed by atoms with E-state index >= 15 is 0 Å². The van der Waals surface area contributed by atoms with Crippen molar-refractivity contribution < 1.29 is 4.79 Å². The molecule has 0 aliphatic heterocycles. The van der Waals surface area contributed by atoms with Gasteiger partial charge in [0.15, 0.2) is 0 Å². The van der Waals surface area contributed by atoms with Crippen LogP contribution in [0.3, 0.4) is 0 Å². The van der Waals surface area contributed by atoms with Gasteiger partial charge in [0.2, 0.25) is 11.9 Å². The van der Waals surface area contributed by atoms with E-state index in [1.807, 2.05) is 0 Å². The van der Waals surface area contributed by atoms with Gasteiger partial charge in [-0.1, -0.05) is 6.92 Å². The van der Waals surface area contributed by atoms with Crippen molar-refractivity contribution in [1.82, 2.24) is 14.9 Å². The molecule has 0 saturated heterocycles. The highest BCUT2D eigenvalue weighted by Crippen LogP contribution is 2.33. The fourth-order valence-corrected chi connectivity index (χ4v) is 1.66. The van der Waals surface area contributed by atoms with Gasteiger partial charge in [0, 0.05) is 5.92 Å². The summed E-state index contributed by atoms with van der Waals surface area (Å²) in [4.78, 5) is 11.5. The number of hydrogen-bond donors (Lipinski definition) is 2. The summed E-state index contributed by atoms with van der Waals surface area (Å²) in [5, 5.41) is 7.13. The Labute approximate surface area is 81.5 Å². The van der Waals surface area contributed by atoms with Crippen LogP contribution in [0.4, 0.5) is 5.95 Å². The lowest BCUT2D eigenvalue weighted by Crippen LogP contribution is -2.36. The molecule has 1 aromatic heterocycles. The summed E-state index contributed by atoms with van der Waals surface area (Å²) in [5.41, 5.74) is 8.09. The summed E-state index contributed by atoms with van der Waals surface area (Å²) in [5.74, 6) is 0.969. The quantitative estimate of drug-likeness (QED) is 0.694. The first kappa shape index (κ1) is 8.98. The third-order valence-corrected chi connectivity index (χ3v) is 2.55. The number of nitrogens with one attached hydrogen (secondary N) is 1. The van der Waals surface area contributed by atoms with Gasteiger partial charge < -0.3 is 5.73 Å². The molecule has 1 amide bonds. The highest BCUT2D eigenvalue weighted by atomic mass is 16.2. The molecule has 1 aliphatic rings. The topological polar surface area (TPSA) is 85.8 Å². The Kier molecular flexibility index (Phi) is 2.11. The fourth-order valence-electron chi connectivity index (χ4n) is 1.66. The van der Waals surface area contributed by atoms with Crippen LogP contribution in [-0.4, -0.2) is 20.8 Å². The van der Waals surface area contributed by atoms with E-state index in [0.717, 1.165) is 12.8 Å². The first-order valence-electron chi connectivity index (χ1n) is 4.63. The van der Waals surface area contributed by atoms with Crippen LogP contribution in [0.2, 0.25) is 0 Å². The number of rotatable bonds is 2. The summed E-state index contributed by atoms with van der Waals surface area (Å²) in [6.45, 7) is 2.14. The summed E-state index contributed by atoms with van der Waals surface area (Å²) < 4.78 is 1.34. The molecule has 0 radical (unpaired) electrons. The van der Waals surface area contributed by atoms with E-state index < -0.39 is 0 Å². The van der Waals surface area contributed by atoms with E-state index in [2.05, 4.69) is 22.5 Å². The molecule has 1 aromatic rings. The van der Waals surface area contributed by atoms with Crippen LogP contribution in [0.1, 0.15) is 19.8 Å². The Bertz CT molecular complexity index is 341. The molecule has 0 atom stereocenters. The van der Waals surface area contributed by atoms with Crippen LogP contribution >= 0.6 is 0 Å². The van der Waals surface area contributed by atoms with Crippen molar-refractivity contribution in [3.05, 3.63) is 6.33 Å². The van der Waals surface area contributed by atoms with Crippen molar-refractivity contribution in [2.75, 3.05) is 11.2 Å². The average Bonchev–Trinajstić information content (AvgIpc) is 2.46. The molecule has 1 aliphatic carbocycles. The first-order chi connectivity index (χ1) is 6.66. The molecule has 76 valence electrons. The number of nitrogens with two attached hydrogens (primary N) is 1. The maximum absolute atomic E-state index is 11.5. The van der Waals surface area contributed by atoms with Crippen LogP contribution in [0, 0.1) is 11.8 Å². The molecule has 1 heterocycles. The van der Waals surface area contributed by atoms with Gasteiger partial charge in [-0.2, -0.15) is 0 Å². The molecule has 1 saturated carbocycles. The third kappa shape index (κ3) is 1.55. The summed E-state index contributed by atoms with van der Waals surface area (Å²) in [6, 6.07) is 0. The zero-order chi connectivity index (χ0) is 10.1. The second-order valence-corrected chi connectivity index (χ2v) is 3.81. The highest BCUT2D eigenvalue weighted by Gasteiger charge is 2.31. The Balaban J connectivity index is 1.92. The lowest BCUT2D eigenvalue weighted by Gasteiger charge is -2.31. The van der Waals surface area contributed by atoms with Crippen LogP contribution in [0.5, 0.6) is 0 Å². The Hall–Kier alpha value is -1.59. The van der Waals surface area contributed by atoms with E-state index in [1.165, 1.54) is 11.0 Å². The number of carbonyl (C=O) groups excluding carboxylic acids is 1. The lowest BCUT2D eigenvalue weighted by atomic mass is 9.76. The van der Waals surface area contributed by atoms with E-state index in [4.69, 9.17) is 5.73 Å². The van der Waals surface area contributed by atoms with Gasteiger partial charge in [0.25, 0.3) is 0 Å². The zero-order valence-electron chi connectivity index (χ0n) is 7.97. The minimum Gasteiger partial charge on any atom is -0.366 e. The number of hydrogen-bond acceptors (Lipinski definition) is 4. The number of carbonyl (C=O) groups is 1. The van der Waals surface area contributed by atoms with Crippen molar-refractivity contribution in [3.8, 4) is 0 Å². The van der Waals surface area contributed by atoms with Crippen molar-refractivity contribution in [2.45, 2.75) is 19.8 Å². The molecule has 2 rings (SSSR count). The van der Waals surface area contributed by atoms with Crippen LogP contribution in [0.25, 0.3) is 0 Å². The molecule has 0 bridgehead atoms. The molecule has 6 heteroatoms. The van der Waals surface area contributed by atoms with Gasteiger partial charge in [-0.25, -0.2) is 4.68 Å². The van der Waals surface area contributed by atoms with Crippen molar-refractivity contribution >= 4 is 11.9 Å². The van der Waals surface area contributed by atoms with Gasteiger partial charge >= 0.3 is 0 Å². The molecule has 0 aromatic carbocycles. The lowest BCUT2D eigenvalue weighted by molar-refractivity contribution is -0.124. The van der Waals surface area contributed by atoms with Crippen LogP contribution in [-0.2, 0) is 4.79 Å². The normalized spacial score (nSPS) is 25.5. The van der Waals surface area contributed by atoms with Gasteiger partial charge in [-0.15, -0.1) is 10.2 Å². The predicted octanol–water partition coefficient (Wildman–Crippen LogP) is -0.0235. The summed E-state index contributed by atoms with van der Waals surface area (Å²) in [7, 11) is 0. The Morgan fingerprint density at radius 2 is 2.43 bits per heavy atom. The van der Waals surface area contributed by atoms with Crippen molar-refractivity contribution in [2.24, 2.45) is 11.8 Å². The molecule has 0 unspecified atom stereocenters. The van der Waals surface area contributed by atoms with Crippen molar-refractivity contribution in [1.29, 1.82) is 0 Å². The number of anilines is 1. The monoisotopic (exact) mass is 195 g/mol. The van der Waals surface area contributed by atoms with E-state index in [0.29, 0.717) is 5.92 Å². The number of nitrogen functional groups attached to an aromatic ring is 1. The maximum atomic E-state index is 11.5. The maximum Gasteiger partial charge on any atom is 0.242 e. The van der Waals surface area contributed by atoms with Gasteiger partial charge in [0.1, 0.15) is 6.33 Å². The minimum atomic E-state index is -0.00500. The third-order valence-electron chi connectivity index (χ3n) is 2.55. The van der Waals surface area contributed by atoms with Crippen molar-refractivity contribution in [3.63, 3.8) is 0 Å². The van der Waals surface area contributed by atoms with E-state index in [9.17, 15) is 4.79 Å². The number of amides is 1. The van der Waals surface area contributed by atoms with Gasteiger partial charge in [-0.3, -0.25) is 10.2 Å². The van der Waals surface area contributed by atoms with Crippen LogP contribution in [0.15, 0.2) is 6.33 Å². The number of nitrogens with zero attached hydrogens (tertiary/aromatic N) is 3. The molecular formula is C8H13N5O. The van der Waals surface area contributed by atoms with E-state index in [-0.39, 0.29) is 17.8 Å². The molecule has 0 spiro atoms. The van der Waals surface area contributed by atoms with E-state index in [1.54, 1.807) is 0 Å². The van der Waals surface area contributed by atoms with Crippen LogP contribution < -0.4 is 11.2 Å². The predicted molar refractivity (Wildman–Crippen MR) is 50.7 cm³/mol. The first-order valence-corrected chi connectivity index (χ1v) is 4.63. The Morgan fingerprint density at radius 1 is 1.71 bits per heavy atom. The summed E-state index contributed by atoms with van der Waals surface area (Å²) in [6.07, 6.45) is 3.29. The zero-order valence-corrected chi connectivity index (χ0v) is 7.97. The molecule has 3 N–H and O–H groups in total. The van der Waals surface area contributed by atoms with Gasteiger partial charge in [0.05, 0.1) is 0 Å². The fraction of sp³-hybridized carbons (Fsp3) is 0.625. The second kappa shape index (κ2) is 3.28.